The second kappa shape index (κ2) is 15.1. The van der Waals surface area contributed by atoms with Gasteiger partial charge in [-0.1, -0.05) is 52.0 Å². The lowest BCUT2D eigenvalue weighted by atomic mass is 9.90. The van der Waals surface area contributed by atoms with Crippen molar-refractivity contribution in [3.8, 4) is 22.8 Å². The normalized spacial score (nSPS) is 17.2. The predicted molar refractivity (Wildman–Crippen MR) is 162 cm³/mol. The first-order valence-electron chi connectivity index (χ1n) is 15.4. The summed E-state index contributed by atoms with van der Waals surface area (Å²) in [4.78, 5) is 16.1. The van der Waals surface area contributed by atoms with Gasteiger partial charge in [0.1, 0.15) is 23.9 Å². The first kappa shape index (κ1) is 31.5. The number of pyridine rings is 1. The van der Waals surface area contributed by atoms with Crippen LogP contribution in [0.1, 0.15) is 88.8 Å². The summed E-state index contributed by atoms with van der Waals surface area (Å²) in [7, 11) is 0. The van der Waals surface area contributed by atoms with Crippen molar-refractivity contribution in [2.45, 2.75) is 91.5 Å². The van der Waals surface area contributed by atoms with Gasteiger partial charge in [-0.2, -0.15) is 0 Å². The van der Waals surface area contributed by atoms with Crippen LogP contribution in [-0.2, 0) is 22.6 Å². The molecule has 1 N–H and O–H groups in total. The highest BCUT2D eigenvalue weighted by Gasteiger charge is 2.33. The van der Waals surface area contributed by atoms with Crippen LogP contribution in [-0.4, -0.2) is 29.0 Å². The molecule has 2 heterocycles. The molecule has 1 aliphatic heterocycles. The van der Waals surface area contributed by atoms with Crippen LogP contribution >= 0.6 is 0 Å². The number of hydrogen-bond donors (Lipinski definition) is 1. The summed E-state index contributed by atoms with van der Waals surface area (Å²) in [6.07, 6.45) is 7.25. The summed E-state index contributed by atoms with van der Waals surface area (Å²) in [5.74, 6) is 0.868. The Morgan fingerprint density at radius 2 is 1.88 bits per heavy atom. The molecule has 1 saturated carbocycles. The van der Waals surface area contributed by atoms with E-state index in [0.717, 1.165) is 48.8 Å². The highest BCUT2D eigenvalue weighted by molar-refractivity contribution is 5.68. The molecule has 5 rings (SSSR count). The van der Waals surface area contributed by atoms with Gasteiger partial charge in [0, 0.05) is 12.0 Å². The fraction of sp³-hybridized carbons (Fsp3) is 0.486. The molecule has 2 atom stereocenters. The lowest BCUT2D eigenvalue weighted by Gasteiger charge is -2.23. The Morgan fingerprint density at radius 3 is 2.57 bits per heavy atom. The van der Waals surface area contributed by atoms with Crippen molar-refractivity contribution in [3.63, 3.8) is 0 Å². The van der Waals surface area contributed by atoms with E-state index in [-0.39, 0.29) is 24.4 Å². The molecule has 0 spiro atoms. The van der Waals surface area contributed by atoms with Crippen LogP contribution in [0.5, 0.6) is 11.5 Å². The predicted octanol–water partition coefficient (Wildman–Crippen LogP) is 8.57. The molecular formula is C35H44FNO5. The monoisotopic (exact) mass is 577 g/mol. The van der Waals surface area contributed by atoms with Gasteiger partial charge in [0.05, 0.1) is 24.9 Å². The molecule has 7 heteroatoms. The van der Waals surface area contributed by atoms with Crippen molar-refractivity contribution < 1.29 is 28.5 Å². The molecule has 42 heavy (non-hydrogen) atoms. The van der Waals surface area contributed by atoms with E-state index in [4.69, 9.17) is 14.2 Å². The van der Waals surface area contributed by atoms with Crippen molar-refractivity contribution >= 4 is 5.97 Å². The minimum atomic E-state index is -0.766. The minimum absolute atomic E-state index is 0.0374. The van der Waals surface area contributed by atoms with Crippen LogP contribution < -0.4 is 9.47 Å². The summed E-state index contributed by atoms with van der Waals surface area (Å²) in [5, 5.41) is 9.37. The molecule has 0 radical (unpaired) electrons. The van der Waals surface area contributed by atoms with E-state index >= 15 is 4.39 Å². The zero-order chi connectivity index (χ0) is 30.1. The number of carboxylic acid groups (broad SMARTS) is 1. The first-order chi connectivity index (χ1) is 20.4. The topological polar surface area (TPSA) is 77.9 Å². The summed E-state index contributed by atoms with van der Waals surface area (Å²) < 4.78 is 32.9. The highest BCUT2D eigenvalue weighted by atomic mass is 19.1. The van der Waals surface area contributed by atoms with E-state index < -0.39 is 5.97 Å². The van der Waals surface area contributed by atoms with Crippen molar-refractivity contribution in [2.24, 2.45) is 11.8 Å². The standard InChI is InChI=1S/C33H38FNO5.C2H6/c1-21(2)14-25-16-27(39-20-22-6-5-7-24(15-22)28(18-31(36)37)23-9-10-23)19-35-33(25)29-17-26(11-12-30(29)34)40-32-8-3-4-13-38-32;1-2/h5-7,11-12,15-17,19,21,23,28,32H,3-4,8-10,13-14,18,20H2,1-2H3,(H,36,37);1-2H3. The maximum atomic E-state index is 15.1. The first-order valence-corrected chi connectivity index (χ1v) is 15.4. The van der Waals surface area contributed by atoms with Gasteiger partial charge >= 0.3 is 5.97 Å². The molecule has 0 bridgehead atoms. The van der Waals surface area contributed by atoms with E-state index in [1.54, 1.807) is 18.3 Å². The largest absolute Gasteiger partial charge is 0.487 e. The fourth-order valence-electron chi connectivity index (χ4n) is 5.44. The van der Waals surface area contributed by atoms with Gasteiger partial charge in [0.15, 0.2) is 6.29 Å². The third-order valence-corrected chi connectivity index (χ3v) is 7.54. The van der Waals surface area contributed by atoms with E-state index in [2.05, 4.69) is 24.9 Å². The molecule has 2 aliphatic rings. The van der Waals surface area contributed by atoms with Crippen molar-refractivity contribution in [1.82, 2.24) is 4.98 Å². The van der Waals surface area contributed by atoms with Crippen LogP contribution in [0.25, 0.3) is 11.3 Å². The average Bonchev–Trinajstić information content (AvgIpc) is 3.83. The summed E-state index contributed by atoms with van der Waals surface area (Å²) in [5.41, 5.74) is 3.91. The van der Waals surface area contributed by atoms with Crippen LogP contribution in [0.3, 0.4) is 0 Å². The van der Waals surface area contributed by atoms with Gasteiger partial charge in [-0.3, -0.25) is 9.78 Å². The summed E-state index contributed by atoms with van der Waals surface area (Å²) in [6, 6.07) is 14.7. The molecule has 6 nitrogen and oxygen atoms in total. The Kier molecular flexibility index (Phi) is 11.4. The molecule has 1 saturated heterocycles. The number of carboxylic acids is 1. The van der Waals surface area contributed by atoms with Gasteiger partial charge < -0.3 is 19.3 Å². The van der Waals surface area contributed by atoms with Crippen LogP contribution in [0.4, 0.5) is 4.39 Å². The number of ether oxygens (including phenoxy) is 3. The molecule has 3 aromatic rings. The van der Waals surface area contributed by atoms with Crippen LogP contribution in [0.15, 0.2) is 54.7 Å². The van der Waals surface area contributed by atoms with E-state index in [1.807, 2.05) is 38.1 Å². The number of aliphatic carboxylic acids is 1. The Balaban J connectivity index is 0.00000198. The maximum absolute atomic E-state index is 15.1. The zero-order valence-corrected chi connectivity index (χ0v) is 25.3. The van der Waals surface area contributed by atoms with Gasteiger partial charge in [0.25, 0.3) is 0 Å². The van der Waals surface area contributed by atoms with E-state index in [1.165, 1.54) is 6.07 Å². The Morgan fingerprint density at radius 1 is 1.07 bits per heavy atom. The smallest absolute Gasteiger partial charge is 0.303 e. The highest BCUT2D eigenvalue weighted by Crippen LogP contribution is 2.44. The third-order valence-electron chi connectivity index (χ3n) is 7.54. The second-order valence-corrected chi connectivity index (χ2v) is 11.4. The molecule has 2 aromatic carbocycles. The Hall–Kier alpha value is -3.45. The van der Waals surface area contributed by atoms with E-state index in [0.29, 0.717) is 54.2 Å². The summed E-state index contributed by atoms with van der Waals surface area (Å²) >= 11 is 0. The Bertz CT molecular complexity index is 1320. The van der Waals surface area contributed by atoms with Crippen molar-refractivity contribution in [2.75, 3.05) is 6.61 Å². The molecule has 2 fully saturated rings. The van der Waals surface area contributed by atoms with Gasteiger partial charge in [0.2, 0.25) is 0 Å². The number of benzene rings is 2. The number of carbonyl (C=O) groups is 1. The average molecular weight is 578 g/mol. The molecular weight excluding hydrogens is 533 g/mol. The lowest BCUT2D eigenvalue weighted by Crippen LogP contribution is -2.25. The maximum Gasteiger partial charge on any atom is 0.303 e. The number of halogens is 1. The third kappa shape index (κ3) is 8.78. The zero-order valence-electron chi connectivity index (χ0n) is 25.3. The SMILES string of the molecule is CC.CC(C)Cc1cc(OCc2cccc(C(CC(=O)O)C3CC3)c2)cnc1-c1cc(OC2CCCCO2)ccc1F. The Labute approximate surface area is 249 Å². The molecule has 1 aliphatic carbocycles. The molecule has 226 valence electrons. The van der Waals surface area contributed by atoms with Gasteiger partial charge in [-0.15, -0.1) is 0 Å². The molecule has 1 aromatic heterocycles. The summed E-state index contributed by atoms with van der Waals surface area (Å²) in [6.45, 7) is 9.24. The quantitative estimate of drug-likeness (QED) is 0.232. The number of hydrogen-bond acceptors (Lipinski definition) is 5. The van der Waals surface area contributed by atoms with E-state index in [9.17, 15) is 9.90 Å². The fourth-order valence-corrected chi connectivity index (χ4v) is 5.44. The molecule has 0 amide bonds. The minimum Gasteiger partial charge on any atom is -0.487 e. The van der Waals surface area contributed by atoms with Gasteiger partial charge in [-0.05, 0) is 90.8 Å². The number of nitrogens with zero attached hydrogens (tertiary/aromatic N) is 1. The van der Waals surface area contributed by atoms with Crippen LogP contribution in [0.2, 0.25) is 0 Å². The van der Waals surface area contributed by atoms with Crippen LogP contribution in [0, 0.1) is 17.7 Å². The van der Waals surface area contributed by atoms with Gasteiger partial charge in [-0.25, -0.2) is 4.39 Å². The number of aromatic nitrogens is 1. The second-order valence-electron chi connectivity index (χ2n) is 11.4. The lowest BCUT2D eigenvalue weighted by molar-refractivity contribution is -0.137. The number of rotatable bonds is 12. The van der Waals surface area contributed by atoms with Crippen molar-refractivity contribution in [1.29, 1.82) is 0 Å². The van der Waals surface area contributed by atoms with Crippen molar-refractivity contribution in [3.05, 3.63) is 77.2 Å². The molecule has 2 unspecified atom stereocenters.